The summed E-state index contributed by atoms with van der Waals surface area (Å²) in [5, 5.41) is 3.21. The van der Waals surface area contributed by atoms with E-state index in [4.69, 9.17) is 0 Å². The lowest BCUT2D eigenvalue weighted by Crippen LogP contribution is -2.52. The van der Waals surface area contributed by atoms with E-state index in [0.717, 1.165) is 11.1 Å². The standard InChI is InChI=1S/C13H20N2O2S.ClH/c1-10-4-5-13(11(2)8-10)18(16,17)15-7-6-14-9-12(15)3;/h4-5,8,12,14H,6-7,9H2,1-3H3;1H/t12-;/m1./s1. The number of benzene rings is 1. The first-order chi connectivity index (χ1) is 8.43. The Bertz CT molecular complexity index is 546. The van der Waals surface area contributed by atoms with Crippen LogP contribution >= 0.6 is 12.4 Å². The van der Waals surface area contributed by atoms with Gasteiger partial charge in [0.2, 0.25) is 10.0 Å². The molecule has 0 unspecified atom stereocenters. The van der Waals surface area contributed by atoms with Gasteiger partial charge in [0.05, 0.1) is 4.90 Å². The normalized spacial score (nSPS) is 20.9. The van der Waals surface area contributed by atoms with E-state index in [0.29, 0.717) is 24.5 Å². The number of rotatable bonds is 2. The van der Waals surface area contributed by atoms with Crippen molar-refractivity contribution < 1.29 is 8.42 Å². The van der Waals surface area contributed by atoms with Gasteiger partial charge in [-0.25, -0.2) is 8.42 Å². The summed E-state index contributed by atoms with van der Waals surface area (Å²) in [5.74, 6) is 0. The van der Waals surface area contributed by atoms with Gasteiger partial charge in [-0.2, -0.15) is 4.31 Å². The molecule has 1 saturated heterocycles. The number of sulfonamides is 1. The van der Waals surface area contributed by atoms with Crippen LogP contribution in [0, 0.1) is 13.8 Å². The molecule has 4 nitrogen and oxygen atoms in total. The predicted octanol–water partition coefficient (Wildman–Crippen LogP) is 1.71. The maximum Gasteiger partial charge on any atom is 0.243 e. The quantitative estimate of drug-likeness (QED) is 0.905. The van der Waals surface area contributed by atoms with E-state index >= 15 is 0 Å². The SMILES string of the molecule is Cc1ccc(S(=O)(=O)N2CCNC[C@H]2C)c(C)c1.Cl. The van der Waals surface area contributed by atoms with Gasteiger partial charge in [-0.3, -0.25) is 0 Å². The second-order valence-electron chi connectivity index (χ2n) is 4.94. The molecule has 0 saturated carbocycles. The van der Waals surface area contributed by atoms with Crippen LogP contribution in [0.1, 0.15) is 18.1 Å². The van der Waals surface area contributed by atoms with E-state index < -0.39 is 10.0 Å². The average Bonchev–Trinajstić information content (AvgIpc) is 2.28. The Labute approximate surface area is 121 Å². The van der Waals surface area contributed by atoms with Crippen molar-refractivity contribution in [2.75, 3.05) is 19.6 Å². The fourth-order valence-corrected chi connectivity index (χ4v) is 4.23. The van der Waals surface area contributed by atoms with Gasteiger partial charge in [0.15, 0.2) is 0 Å². The van der Waals surface area contributed by atoms with Crippen LogP contribution in [-0.4, -0.2) is 38.4 Å². The number of nitrogens with zero attached hydrogens (tertiary/aromatic N) is 1. The zero-order valence-electron chi connectivity index (χ0n) is 11.5. The van der Waals surface area contributed by atoms with Gasteiger partial charge in [0.25, 0.3) is 0 Å². The second-order valence-corrected chi connectivity index (χ2v) is 6.80. The first kappa shape index (κ1) is 16.4. The fourth-order valence-electron chi connectivity index (χ4n) is 2.39. The van der Waals surface area contributed by atoms with Gasteiger partial charge in [-0.05, 0) is 32.4 Å². The van der Waals surface area contributed by atoms with Gasteiger partial charge < -0.3 is 5.32 Å². The Hall–Kier alpha value is -0.620. The van der Waals surface area contributed by atoms with Crippen LogP contribution in [0.4, 0.5) is 0 Å². The summed E-state index contributed by atoms with van der Waals surface area (Å²) >= 11 is 0. The molecule has 1 fully saturated rings. The maximum absolute atomic E-state index is 12.6. The number of aryl methyl sites for hydroxylation is 2. The van der Waals surface area contributed by atoms with Crippen LogP contribution in [0.3, 0.4) is 0 Å². The molecular formula is C13H21ClN2O2S. The molecule has 1 N–H and O–H groups in total. The molecule has 1 atom stereocenters. The molecule has 0 amide bonds. The van der Waals surface area contributed by atoms with Gasteiger partial charge in [-0.15, -0.1) is 12.4 Å². The summed E-state index contributed by atoms with van der Waals surface area (Å²) in [7, 11) is -3.37. The topological polar surface area (TPSA) is 49.4 Å². The zero-order valence-corrected chi connectivity index (χ0v) is 13.1. The third-order valence-corrected chi connectivity index (χ3v) is 5.53. The number of piperazine rings is 1. The minimum Gasteiger partial charge on any atom is -0.314 e. The van der Waals surface area contributed by atoms with Crippen LogP contribution in [-0.2, 0) is 10.0 Å². The molecule has 0 aromatic heterocycles. The van der Waals surface area contributed by atoms with E-state index in [9.17, 15) is 8.42 Å². The lowest BCUT2D eigenvalue weighted by molar-refractivity contribution is 0.283. The van der Waals surface area contributed by atoms with Crippen molar-refractivity contribution >= 4 is 22.4 Å². The first-order valence-corrected chi connectivity index (χ1v) is 7.67. The molecule has 0 aliphatic carbocycles. The number of hydrogen-bond donors (Lipinski definition) is 1. The second kappa shape index (κ2) is 6.22. The fraction of sp³-hybridized carbons (Fsp3) is 0.538. The summed E-state index contributed by atoms with van der Waals surface area (Å²) in [5.41, 5.74) is 1.90. The largest absolute Gasteiger partial charge is 0.314 e. The van der Waals surface area contributed by atoms with E-state index in [1.807, 2.05) is 32.9 Å². The number of nitrogens with one attached hydrogen (secondary N) is 1. The molecule has 108 valence electrons. The summed E-state index contributed by atoms with van der Waals surface area (Å²) < 4.78 is 26.9. The third-order valence-electron chi connectivity index (χ3n) is 3.36. The predicted molar refractivity (Wildman–Crippen MR) is 79.4 cm³/mol. The van der Waals surface area contributed by atoms with Crippen molar-refractivity contribution in [3.63, 3.8) is 0 Å². The molecule has 1 aromatic carbocycles. The molecule has 1 aliphatic heterocycles. The molecule has 0 radical (unpaired) electrons. The van der Waals surface area contributed by atoms with Gasteiger partial charge in [0.1, 0.15) is 0 Å². The minimum absolute atomic E-state index is 0. The smallest absolute Gasteiger partial charge is 0.243 e. The Morgan fingerprint density at radius 1 is 1.32 bits per heavy atom. The van der Waals surface area contributed by atoms with Gasteiger partial charge in [-0.1, -0.05) is 17.7 Å². The Kier molecular flexibility index (Phi) is 5.38. The van der Waals surface area contributed by atoms with Gasteiger partial charge in [0, 0.05) is 25.7 Å². The van der Waals surface area contributed by atoms with Crippen molar-refractivity contribution in [1.82, 2.24) is 9.62 Å². The molecular weight excluding hydrogens is 284 g/mol. The third kappa shape index (κ3) is 3.28. The Balaban J connectivity index is 0.00000180. The molecule has 1 heterocycles. The monoisotopic (exact) mass is 304 g/mol. The highest BCUT2D eigenvalue weighted by Crippen LogP contribution is 2.23. The summed E-state index contributed by atoms with van der Waals surface area (Å²) in [6.07, 6.45) is 0. The van der Waals surface area contributed by atoms with Crippen molar-refractivity contribution in [2.24, 2.45) is 0 Å². The van der Waals surface area contributed by atoms with Crippen molar-refractivity contribution in [1.29, 1.82) is 0 Å². The van der Waals surface area contributed by atoms with E-state index in [2.05, 4.69) is 5.32 Å². The highest BCUT2D eigenvalue weighted by molar-refractivity contribution is 7.89. The van der Waals surface area contributed by atoms with E-state index in [-0.39, 0.29) is 18.4 Å². The van der Waals surface area contributed by atoms with Crippen molar-refractivity contribution in [3.05, 3.63) is 29.3 Å². The Morgan fingerprint density at radius 2 is 2.00 bits per heavy atom. The average molecular weight is 305 g/mol. The summed E-state index contributed by atoms with van der Waals surface area (Å²) in [4.78, 5) is 0.432. The van der Waals surface area contributed by atoms with E-state index in [1.54, 1.807) is 10.4 Å². The van der Waals surface area contributed by atoms with Crippen LogP contribution < -0.4 is 5.32 Å². The summed E-state index contributed by atoms with van der Waals surface area (Å²) in [6, 6.07) is 5.49. The summed E-state index contributed by atoms with van der Waals surface area (Å²) in [6.45, 7) is 7.73. The van der Waals surface area contributed by atoms with Gasteiger partial charge >= 0.3 is 0 Å². The molecule has 0 spiro atoms. The highest BCUT2D eigenvalue weighted by Gasteiger charge is 2.31. The maximum atomic E-state index is 12.6. The van der Waals surface area contributed by atoms with Crippen LogP contribution in [0.5, 0.6) is 0 Å². The number of halogens is 1. The number of hydrogen-bond acceptors (Lipinski definition) is 3. The zero-order chi connectivity index (χ0) is 13.3. The van der Waals surface area contributed by atoms with E-state index in [1.165, 1.54) is 0 Å². The van der Waals surface area contributed by atoms with Crippen molar-refractivity contribution in [3.8, 4) is 0 Å². The molecule has 19 heavy (non-hydrogen) atoms. The molecule has 6 heteroatoms. The lowest BCUT2D eigenvalue weighted by atomic mass is 10.2. The van der Waals surface area contributed by atoms with Crippen LogP contribution in [0.15, 0.2) is 23.1 Å². The lowest BCUT2D eigenvalue weighted by Gasteiger charge is -2.33. The molecule has 1 aromatic rings. The van der Waals surface area contributed by atoms with Crippen LogP contribution in [0.25, 0.3) is 0 Å². The van der Waals surface area contributed by atoms with Crippen LogP contribution in [0.2, 0.25) is 0 Å². The highest BCUT2D eigenvalue weighted by atomic mass is 35.5. The minimum atomic E-state index is -3.37. The Morgan fingerprint density at radius 3 is 2.58 bits per heavy atom. The molecule has 0 bridgehead atoms. The molecule has 2 rings (SSSR count). The first-order valence-electron chi connectivity index (χ1n) is 6.23. The molecule has 1 aliphatic rings. The van der Waals surface area contributed by atoms with Crippen molar-refractivity contribution in [2.45, 2.75) is 31.7 Å².